The molecule has 2 aromatic heterocycles. The molecule has 1 atom stereocenters. The smallest absolute Gasteiger partial charge is 0.319 e. The van der Waals surface area contributed by atoms with Crippen molar-refractivity contribution in [1.82, 2.24) is 19.9 Å². The third-order valence-corrected chi connectivity index (χ3v) is 5.74. The van der Waals surface area contributed by atoms with E-state index in [4.69, 9.17) is 0 Å². The van der Waals surface area contributed by atoms with E-state index in [0.29, 0.717) is 6.54 Å². The Morgan fingerprint density at radius 3 is 2.75 bits per heavy atom. The summed E-state index contributed by atoms with van der Waals surface area (Å²) in [5.41, 5.74) is 7.10. The van der Waals surface area contributed by atoms with E-state index < -0.39 is 0 Å². The molecule has 1 aliphatic heterocycles. The Morgan fingerprint density at radius 1 is 1.07 bits per heavy atom. The van der Waals surface area contributed by atoms with E-state index in [1.165, 1.54) is 11.1 Å². The summed E-state index contributed by atoms with van der Waals surface area (Å²) in [7, 11) is 0. The summed E-state index contributed by atoms with van der Waals surface area (Å²) >= 11 is 1.59. The van der Waals surface area contributed by atoms with Crippen LogP contribution < -0.4 is 10.6 Å². The third kappa shape index (κ3) is 2.95. The van der Waals surface area contributed by atoms with Crippen LogP contribution in [0.15, 0.2) is 72.8 Å². The molecule has 3 heterocycles. The second-order valence-electron chi connectivity index (χ2n) is 6.57. The minimum Gasteiger partial charge on any atom is -0.335 e. The zero-order valence-corrected chi connectivity index (χ0v) is 15.7. The van der Waals surface area contributed by atoms with Gasteiger partial charge in [-0.1, -0.05) is 36.4 Å². The van der Waals surface area contributed by atoms with Gasteiger partial charge in [-0.15, -0.1) is 11.3 Å². The van der Waals surface area contributed by atoms with Gasteiger partial charge < -0.3 is 15.2 Å². The number of rotatable bonds is 4. The van der Waals surface area contributed by atoms with Gasteiger partial charge in [-0.05, 0) is 23.3 Å². The second kappa shape index (κ2) is 6.94. The van der Waals surface area contributed by atoms with Crippen molar-refractivity contribution in [3.8, 4) is 21.7 Å². The van der Waals surface area contributed by atoms with Gasteiger partial charge in [0.15, 0.2) is 0 Å². The number of thiazole rings is 1. The molecule has 1 aliphatic rings. The highest BCUT2D eigenvalue weighted by Gasteiger charge is 2.28. The highest BCUT2D eigenvalue weighted by molar-refractivity contribution is 7.13. The molecular weight excluding hydrogens is 370 g/mol. The molecule has 6 nitrogen and oxygen atoms in total. The molecule has 0 saturated carbocycles. The molecule has 0 aliphatic carbocycles. The number of fused-ring (bicyclic) bond motifs is 3. The summed E-state index contributed by atoms with van der Waals surface area (Å²) in [6.07, 6.45) is 5.52. The summed E-state index contributed by atoms with van der Waals surface area (Å²) < 4.78 is 2.11. The van der Waals surface area contributed by atoms with Crippen LogP contribution in [0.4, 0.5) is 10.5 Å². The minimum atomic E-state index is -0.225. The Hall–Kier alpha value is -3.45. The number of hydrogen-bond acceptors (Lipinski definition) is 4. The molecule has 0 fully saturated rings. The monoisotopic (exact) mass is 387 g/mol. The number of imidazole rings is 1. The molecule has 5 rings (SSSR count). The van der Waals surface area contributed by atoms with E-state index in [1.54, 1.807) is 11.3 Å². The topological polar surface area (TPSA) is 71.8 Å². The molecule has 4 aromatic rings. The average molecular weight is 387 g/mol. The Morgan fingerprint density at radius 2 is 1.93 bits per heavy atom. The van der Waals surface area contributed by atoms with E-state index >= 15 is 0 Å². The van der Waals surface area contributed by atoms with Crippen LogP contribution in [0.3, 0.4) is 0 Å². The van der Waals surface area contributed by atoms with Gasteiger partial charge in [0, 0.05) is 24.0 Å². The van der Waals surface area contributed by atoms with Crippen molar-refractivity contribution in [2.75, 3.05) is 11.9 Å². The van der Waals surface area contributed by atoms with Crippen molar-refractivity contribution in [1.29, 1.82) is 0 Å². The van der Waals surface area contributed by atoms with E-state index in [-0.39, 0.29) is 12.1 Å². The van der Waals surface area contributed by atoms with Gasteiger partial charge in [-0.25, -0.2) is 9.78 Å². The largest absolute Gasteiger partial charge is 0.335 e. The number of hydrogen-bond donors (Lipinski definition) is 2. The number of nitrogens with zero attached hydrogens (tertiary/aromatic N) is 3. The van der Waals surface area contributed by atoms with Crippen molar-refractivity contribution in [2.24, 2.45) is 0 Å². The van der Waals surface area contributed by atoms with Crippen LogP contribution in [0.2, 0.25) is 0 Å². The van der Waals surface area contributed by atoms with E-state index in [2.05, 4.69) is 37.3 Å². The van der Waals surface area contributed by atoms with Crippen LogP contribution in [0.1, 0.15) is 11.6 Å². The first-order valence-corrected chi connectivity index (χ1v) is 9.82. The molecule has 0 radical (unpaired) electrons. The highest BCUT2D eigenvalue weighted by atomic mass is 32.1. The summed E-state index contributed by atoms with van der Waals surface area (Å²) in [4.78, 5) is 21.8. The predicted octanol–water partition coefficient (Wildman–Crippen LogP) is 4.40. The van der Waals surface area contributed by atoms with Crippen molar-refractivity contribution in [3.05, 3.63) is 78.3 Å². The molecule has 2 N–H and O–H groups in total. The Kier molecular flexibility index (Phi) is 4.14. The number of amides is 2. The second-order valence-corrected chi connectivity index (χ2v) is 7.45. The van der Waals surface area contributed by atoms with Crippen LogP contribution in [0.25, 0.3) is 21.7 Å². The minimum absolute atomic E-state index is 0.0492. The Bertz CT molecular complexity index is 1120. The van der Waals surface area contributed by atoms with Crippen molar-refractivity contribution in [3.63, 3.8) is 0 Å². The van der Waals surface area contributed by atoms with Crippen LogP contribution in [0.5, 0.6) is 0 Å². The fraction of sp³-hybridized carbons (Fsp3) is 0.0952. The lowest BCUT2D eigenvalue weighted by atomic mass is 10.0. The molecule has 138 valence electrons. The van der Waals surface area contributed by atoms with Gasteiger partial charge >= 0.3 is 6.03 Å². The third-order valence-electron chi connectivity index (χ3n) is 4.91. The van der Waals surface area contributed by atoms with E-state index in [9.17, 15) is 4.79 Å². The lowest BCUT2D eigenvalue weighted by Crippen LogP contribution is -2.33. The summed E-state index contributed by atoms with van der Waals surface area (Å²) in [5.74, 6) is 0. The van der Waals surface area contributed by atoms with Crippen LogP contribution in [-0.2, 0) is 0 Å². The van der Waals surface area contributed by atoms with Gasteiger partial charge in [0.2, 0.25) is 0 Å². The van der Waals surface area contributed by atoms with Crippen molar-refractivity contribution in [2.45, 2.75) is 6.04 Å². The standard InChI is InChI=1S/C21H17N5OS/c27-21(25-15-7-5-14(6-8-15)20-11-23-13-28-20)24-10-19-17-4-2-1-3-16(17)18-9-22-12-26(18)19/h1-9,11-13,19H,10H2,(H2,24,25,27). The first-order chi connectivity index (χ1) is 13.8. The fourth-order valence-corrected chi connectivity index (χ4v) is 4.21. The maximum absolute atomic E-state index is 12.4. The molecule has 0 bridgehead atoms. The van der Waals surface area contributed by atoms with Gasteiger partial charge in [0.25, 0.3) is 0 Å². The van der Waals surface area contributed by atoms with Gasteiger partial charge in [0.1, 0.15) is 0 Å². The Labute approximate surface area is 165 Å². The fourth-order valence-electron chi connectivity index (χ4n) is 3.58. The SMILES string of the molecule is O=C(NCC1c2ccccc2-c2cncn21)Nc1ccc(-c2cncs2)cc1. The number of nitrogens with one attached hydrogen (secondary N) is 2. The van der Waals surface area contributed by atoms with Crippen molar-refractivity contribution < 1.29 is 4.79 Å². The number of aromatic nitrogens is 3. The molecule has 28 heavy (non-hydrogen) atoms. The molecule has 1 unspecified atom stereocenters. The molecule has 7 heteroatoms. The van der Waals surface area contributed by atoms with Crippen LogP contribution in [-0.4, -0.2) is 27.1 Å². The summed E-state index contributed by atoms with van der Waals surface area (Å²) in [5, 5.41) is 5.87. The molecule has 0 spiro atoms. The number of urea groups is 1. The van der Waals surface area contributed by atoms with Gasteiger partial charge in [0.05, 0.1) is 34.6 Å². The number of carbonyl (C=O) groups is 1. The average Bonchev–Trinajstić information content (AvgIpc) is 3.45. The maximum atomic E-state index is 12.4. The highest BCUT2D eigenvalue weighted by Crippen LogP contribution is 2.38. The zero-order valence-electron chi connectivity index (χ0n) is 14.9. The van der Waals surface area contributed by atoms with Gasteiger partial charge in [-0.3, -0.25) is 4.98 Å². The summed E-state index contributed by atoms with van der Waals surface area (Å²) in [6.45, 7) is 0.491. The quantitative estimate of drug-likeness (QED) is 0.545. The first-order valence-electron chi connectivity index (χ1n) is 8.94. The summed E-state index contributed by atoms with van der Waals surface area (Å²) in [6, 6.07) is 15.8. The van der Waals surface area contributed by atoms with E-state index in [0.717, 1.165) is 21.8 Å². The van der Waals surface area contributed by atoms with E-state index in [1.807, 2.05) is 60.6 Å². The number of carbonyl (C=O) groups excluding carboxylic acids is 1. The zero-order chi connectivity index (χ0) is 18.9. The van der Waals surface area contributed by atoms with Gasteiger partial charge in [-0.2, -0.15) is 0 Å². The number of benzene rings is 2. The first kappa shape index (κ1) is 16.7. The molecule has 0 saturated heterocycles. The Balaban J connectivity index is 1.25. The van der Waals surface area contributed by atoms with Crippen LogP contribution >= 0.6 is 11.3 Å². The molecular formula is C21H17N5OS. The normalized spacial score (nSPS) is 14.4. The molecule has 2 amide bonds. The number of anilines is 1. The van der Waals surface area contributed by atoms with Crippen LogP contribution in [0, 0.1) is 0 Å². The molecule has 2 aromatic carbocycles. The maximum Gasteiger partial charge on any atom is 0.319 e. The lowest BCUT2D eigenvalue weighted by molar-refractivity contribution is 0.251. The lowest BCUT2D eigenvalue weighted by Gasteiger charge is -2.16. The van der Waals surface area contributed by atoms with Crippen molar-refractivity contribution >= 4 is 23.1 Å². The predicted molar refractivity (Wildman–Crippen MR) is 110 cm³/mol.